The predicted molar refractivity (Wildman–Crippen MR) is 132 cm³/mol. The van der Waals surface area contributed by atoms with Crippen molar-refractivity contribution in [2.45, 2.75) is 38.4 Å². The molecule has 1 aliphatic heterocycles. The first-order chi connectivity index (χ1) is 17.5. The van der Waals surface area contributed by atoms with Gasteiger partial charge < -0.3 is 25.2 Å². The second-order valence-corrected chi connectivity index (χ2v) is 9.28. The zero-order valence-corrected chi connectivity index (χ0v) is 19.7. The summed E-state index contributed by atoms with van der Waals surface area (Å²) in [6, 6.07) is 12.4. The largest absolute Gasteiger partial charge is 0.508 e. The standard InChI is InChI=1S/C26H26N6O4/c1-36-19-6-2-15(3-7-19)12-32-24(10-20(30-32)16-4-5-16)28-21-8-18(33)9-23(34)25(21)26(35)31-13-17-11-27-29-22(17)14-31/h2-3,6-11,16,28,33-34H,4-5,12-14H2,1H3,(H,27,29). The Morgan fingerprint density at radius 3 is 2.69 bits per heavy atom. The van der Waals surface area contributed by atoms with Gasteiger partial charge in [-0.15, -0.1) is 0 Å². The highest BCUT2D eigenvalue weighted by molar-refractivity contribution is 6.03. The minimum absolute atomic E-state index is 0.0936. The van der Waals surface area contributed by atoms with E-state index in [-0.39, 0.29) is 23.0 Å². The van der Waals surface area contributed by atoms with Crippen LogP contribution < -0.4 is 10.1 Å². The fraction of sp³-hybridized carbons (Fsp3) is 0.269. The van der Waals surface area contributed by atoms with Crippen molar-refractivity contribution in [1.82, 2.24) is 24.9 Å². The summed E-state index contributed by atoms with van der Waals surface area (Å²) >= 11 is 0. The van der Waals surface area contributed by atoms with Gasteiger partial charge in [-0.3, -0.25) is 9.89 Å². The van der Waals surface area contributed by atoms with Crippen molar-refractivity contribution in [1.29, 1.82) is 0 Å². The van der Waals surface area contributed by atoms with Crippen molar-refractivity contribution >= 4 is 17.4 Å². The van der Waals surface area contributed by atoms with Crippen LogP contribution in [-0.4, -0.2) is 48.1 Å². The van der Waals surface area contributed by atoms with Gasteiger partial charge in [-0.1, -0.05) is 12.1 Å². The maximum atomic E-state index is 13.5. The molecule has 1 aliphatic carbocycles. The molecule has 6 rings (SSSR count). The van der Waals surface area contributed by atoms with Crippen molar-refractivity contribution in [3.63, 3.8) is 0 Å². The molecule has 0 bridgehead atoms. The van der Waals surface area contributed by atoms with Gasteiger partial charge in [0.1, 0.15) is 28.6 Å². The number of fused-ring (bicyclic) bond motifs is 1. The first kappa shape index (κ1) is 22.0. The second kappa shape index (κ2) is 8.63. The Morgan fingerprint density at radius 1 is 1.17 bits per heavy atom. The average Bonchev–Trinajstić information content (AvgIpc) is 3.29. The third kappa shape index (κ3) is 4.10. The maximum Gasteiger partial charge on any atom is 0.260 e. The Kier molecular flexibility index (Phi) is 5.28. The summed E-state index contributed by atoms with van der Waals surface area (Å²) in [6.07, 6.45) is 3.90. The number of aromatic amines is 1. The predicted octanol–water partition coefficient (Wildman–Crippen LogP) is 3.85. The number of benzene rings is 2. The van der Waals surface area contributed by atoms with Crippen molar-refractivity contribution in [3.05, 3.63) is 76.7 Å². The van der Waals surface area contributed by atoms with Crippen LogP contribution in [-0.2, 0) is 19.6 Å². The van der Waals surface area contributed by atoms with Crippen LogP contribution in [0.1, 0.15) is 51.6 Å². The summed E-state index contributed by atoms with van der Waals surface area (Å²) in [5, 5.41) is 36.0. The topological polar surface area (TPSA) is 129 Å². The molecule has 4 N–H and O–H groups in total. The summed E-state index contributed by atoms with van der Waals surface area (Å²) in [7, 11) is 1.63. The lowest BCUT2D eigenvalue weighted by atomic mass is 10.1. The van der Waals surface area contributed by atoms with Crippen molar-refractivity contribution < 1.29 is 19.7 Å². The molecule has 184 valence electrons. The molecular formula is C26H26N6O4. The number of nitrogens with one attached hydrogen (secondary N) is 2. The molecular weight excluding hydrogens is 460 g/mol. The Bertz CT molecular complexity index is 1420. The molecule has 0 atom stereocenters. The number of phenolic OH excluding ortho intramolecular Hbond substituents is 2. The molecule has 1 saturated carbocycles. The molecule has 2 aliphatic rings. The number of aromatic nitrogens is 4. The van der Waals surface area contributed by atoms with Gasteiger partial charge >= 0.3 is 0 Å². The van der Waals surface area contributed by atoms with Crippen LogP contribution >= 0.6 is 0 Å². The van der Waals surface area contributed by atoms with E-state index < -0.39 is 0 Å². The highest BCUT2D eigenvalue weighted by Gasteiger charge is 2.31. The van der Waals surface area contributed by atoms with Crippen LogP contribution in [0.3, 0.4) is 0 Å². The summed E-state index contributed by atoms with van der Waals surface area (Å²) in [5.41, 5.74) is 4.24. The molecule has 0 radical (unpaired) electrons. The summed E-state index contributed by atoms with van der Waals surface area (Å²) in [5.74, 6) is 1.09. The molecule has 2 aromatic carbocycles. The van der Waals surface area contributed by atoms with E-state index in [1.165, 1.54) is 12.1 Å². The van der Waals surface area contributed by atoms with E-state index in [0.29, 0.717) is 37.1 Å². The zero-order chi connectivity index (χ0) is 24.8. The molecule has 4 aromatic rings. The van der Waals surface area contributed by atoms with Crippen LogP contribution in [0, 0.1) is 0 Å². The highest BCUT2D eigenvalue weighted by Crippen LogP contribution is 2.41. The number of rotatable bonds is 7. The molecule has 0 saturated heterocycles. The number of aromatic hydroxyl groups is 2. The number of carbonyl (C=O) groups is 1. The van der Waals surface area contributed by atoms with E-state index in [2.05, 4.69) is 15.5 Å². The van der Waals surface area contributed by atoms with Crippen LogP contribution in [0.25, 0.3) is 0 Å². The lowest BCUT2D eigenvalue weighted by Crippen LogP contribution is -2.26. The SMILES string of the molecule is COc1ccc(Cn2nc(C3CC3)cc2Nc2cc(O)cc(O)c2C(=O)N2Cc3cn[nH]c3C2)cc1. The van der Waals surface area contributed by atoms with Gasteiger partial charge in [0.2, 0.25) is 0 Å². The monoisotopic (exact) mass is 486 g/mol. The molecule has 2 aromatic heterocycles. The van der Waals surface area contributed by atoms with E-state index in [1.807, 2.05) is 35.0 Å². The number of nitrogens with zero attached hydrogens (tertiary/aromatic N) is 4. The van der Waals surface area contributed by atoms with Crippen molar-refractivity contribution in [2.24, 2.45) is 0 Å². The number of carbonyl (C=O) groups excluding carboxylic acids is 1. The molecule has 10 nitrogen and oxygen atoms in total. The van der Waals surface area contributed by atoms with E-state index >= 15 is 0 Å². The summed E-state index contributed by atoms with van der Waals surface area (Å²) in [6.45, 7) is 1.27. The second-order valence-electron chi connectivity index (χ2n) is 9.28. The lowest BCUT2D eigenvalue weighted by Gasteiger charge is -2.20. The normalized spacial score (nSPS) is 14.6. The Hall–Kier alpha value is -4.47. The quantitative estimate of drug-likeness (QED) is 0.312. The minimum atomic E-state index is -0.344. The number of amides is 1. The summed E-state index contributed by atoms with van der Waals surface area (Å²) < 4.78 is 7.10. The number of hydrogen-bond acceptors (Lipinski definition) is 7. The van der Waals surface area contributed by atoms with Gasteiger partial charge in [-0.2, -0.15) is 10.2 Å². The number of hydrogen-bond donors (Lipinski definition) is 4. The minimum Gasteiger partial charge on any atom is -0.508 e. The highest BCUT2D eigenvalue weighted by atomic mass is 16.5. The summed E-state index contributed by atoms with van der Waals surface area (Å²) in [4.78, 5) is 15.1. The fourth-order valence-corrected chi connectivity index (χ4v) is 4.58. The Labute approximate surface area is 207 Å². The molecule has 1 fully saturated rings. The van der Waals surface area contributed by atoms with Gasteiger partial charge in [0, 0.05) is 36.2 Å². The maximum absolute atomic E-state index is 13.5. The third-order valence-corrected chi connectivity index (χ3v) is 6.67. The molecule has 10 heteroatoms. The third-order valence-electron chi connectivity index (χ3n) is 6.67. The first-order valence-corrected chi connectivity index (χ1v) is 11.8. The average molecular weight is 487 g/mol. The fourth-order valence-electron chi connectivity index (χ4n) is 4.58. The number of phenols is 2. The van der Waals surface area contributed by atoms with Gasteiger partial charge in [-0.25, -0.2) is 4.68 Å². The number of anilines is 2. The van der Waals surface area contributed by atoms with E-state index in [4.69, 9.17) is 9.84 Å². The van der Waals surface area contributed by atoms with E-state index in [1.54, 1.807) is 18.2 Å². The van der Waals surface area contributed by atoms with Crippen LogP contribution in [0.15, 0.2) is 48.7 Å². The Morgan fingerprint density at radius 2 is 1.97 bits per heavy atom. The van der Waals surface area contributed by atoms with Gasteiger partial charge in [-0.05, 0) is 30.5 Å². The lowest BCUT2D eigenvalue weighted by molar-refractivity contribution is 0.0747. The number of methoxy groups -OCH3 is 1. The van der Waals surface area contributed by atoms with Gasteiger partial charge in [0.25, 0.3) is 5.91 Å². The number of H-pyrrole nitrogens is 1. The molecule has 1 amide bonds. The van der Waals surface area contributed by atoms with Crippen LogP contribution in [0.2, 0.25) is 0 Å². The van der Waals surface area contributed by atoms with Crippen LogP contribution in [0.5, 0.6) is 17.2 Å². The van der Waals surface area contributed by atoms with Gasteiger partial charge in [0.15, 0.2) is 0 Å². The number of ether oxygens (including phenoxy) is 1. The van der Waals surface area contributed by atoms with E-state index in [9.17, 15) is 15.0 Å². The van der Waals surface area contributed by atoms with Crippen molar-refractivity contribution in [2.75, 3.05) is 12.4 Å². The first-order valence-electron chi connectivity index (χ1n) is 11.8. The molecule has 0 unspecified atom stereocenters. The van der Waals surface area contributed by atoms with Crippen LogP contribution in [0.4, 0.5) is 11.5 Å². The molecule has 0 spiro atoms. The van der Waals surface area contributed by atoms with E-state index in [0.717, 1.165) is 41.1 Å². The smallest absolute Gasteiger partial charge is 0.260 e. The Balaban J connectivity index is 1.33. The molecule has 36 heavy (non-hydrogen) atoms. The van der Waals surface area contributed by atoms with Gasteiger partial charge in [0.05, 0.1) is 43.5 Å². The zero-order valence-electron chi connectivity index (χ0n) is 19.7. The molecule has 3 heterocycles. The van der Waals surface area contributed by atoms with Crippen molar-refractivity contribution in [3.8, 4) is 17.2 Å².